The highest BCUT2D eigenvalue weighted by Crippen LogP contribution is 2.30. The molecule has 0 bridgehead atoms. The van der Waals surface area contributed by atoms with Crippen molar-refractivity contribution in [1.29, 1.82) is 0 Å². The van der Waals surface area contributed by atoms with Gasteiger partial charge in [-0.1, -0.05) is 39.8 Å². The average Bonchev–Trinajstić information content (AvgIpc) is 2.37. The molecule has 5 heteroatoms. The highest BCUT2D eigenvalue weighted by atomic mass is 19.4. The Morgan fingerprint density at radius 2 is 1.62 bits per heavy atom. The number of hydrogen-bond acceptors (Lipinski definition) is 2. The molecule has 0 saturated carbocycles. The molecule has 1 N–H and O–H groups in total. The maximum absolute atomic E-state index is 12.6. The Hall–Kier alpha value is -1.36. The third-order valence-electron chi connectivity index (χ3n) is 3.28. The van der Waals surface area contributed by atoms with Crippen LogP contribution in [0.5, 0.6) is 0 Å². The number of carbonyl (C=O) groups is 1. The third-order valence-corrected chi connectivity index (χ3v) is 3.28. The summed E-state index contributed by atoms with van der Waals surface area (Å²) in [6, 6.07) is 5.07. The molecule has 1 aromatic rings. The largest absolute Gasteiger partial charge is 0.416 e. The quantitative estimate of drug-likeness (QED) is 0.860. The molecule has 118 valence electrons. The lowest BCUT2D eigenvalue weighted by atomic mass is 9.88. The molecule has 0 spiro atoms. The highest BCUT2D eigenvalue weighted by Gasteiger charge is 2.31. The van der Waals surface area contributed by atoms with Crippen molar-refractivity contribution < 1.29 is 18.0 Å². The smallest absolute Gasteiger partial charge is 0.313 e. The molecule has 2 nitrogen and oxygen atoms in total. The van der Waals surface area contributed by atoms with Crippen LogP contribution in [0.25, 0.3) is 0 Å². The maximum atomic E-state index is 12.6. The zero-order valence-electron chi connectivity index (χ0n) is 12.8. The Labute approximate surface area is 123 Å². The summed E-state index contributed by atoms with van der Waals surface area (Å²) >= 11 is 0. The first-order chi connectivity index (χ1) is 9.62. The number of carbonyl (C=O) groups excluding carboxylic acids is 1. The summed E-state index contributed by atoms with van der Waals surface area (Å²) in [5.41, 5.74) is -0.0753. The Bertz CT molecular complexity index is 463. The van der Waals surface area contributed by atoms with Crippen LogP contribution in [0.15, 0.2) is 24.3 Å². The predicted molar refractivity (Wildman–Crippen MR) is 77.2 cm³/mol. The van der Waals surface area contributed by atoms with Crippen molar-refractivity contribution in [1.82, 2.24) is 5.32 Å². The molecule has 0 aliphatic heterocycles. The van der Waals surface area contributed by atoms with Crippen molar-refractivity contribution in [2.24, 2.45) is 5.92 Å². The van der Waals surface area contributed by atoms with Crippen LogP contribution in [0.4, 0.5) is 13.2 Å². The Morgan fingerprint density at radius 1 is 1.10 bits per heavy atom. The third kappa shape index (κ3) is 5.16. The van der Waals surface area contributed by atoms with Crippen LogP contribution in [0.1, 0.15) is 44.7 Å². The van der Waals surface area contributed by atoms with Crippen LogP contribution in [0.3, 0.4) is 0 Å². The molecule has 1 aromatic carbocycles. The molecule has 0 saturated heterocycles. The summed E-state index contributed by atoms with van der Waals surface area (Å²) < 4.78 is 37.7. The minimum Gasteiger partial charge on any atom is -0.313 e. The van der Waals surface area contributed by atoms with Gasteiger partial charge in [0.05, 0.1) is 11.5 Å². The Balaban J connectivity index is 3.00. The van der Waals surface area contributed by atoms with E-state index < -0.39 is 17.7 Å². The summed E-state index contributed by atoms with van der Waals surface area (Å²) in [4.78, 5) is 12.3. The molecule has 0 aliphatic rings. The normalized spacial score (nSPS) is 13.8. The second-order valence-corrected chi connectivity index (χ2v) is 5.79. The monoisotopic (exact) mass is 301 g/mol. The minimum atomic E-state index is -4.35. The first-order valence-electron chi connectivity index (χ1n) is 7.07. The molecular weight excluding hydrogens is 279 g/mol. The standard InChI is InChI=1S/C16H22F3NO/c1-10(2)15(21)14(9-20-11(3)4)12-5-7-13(8-6-12)16(17,18)19/h5-8,10-11,14,20H,9H2,1-4H3. The fourth-order valence-corrected chi connectivity index (χ4v) is 2.04. The zero-order chi connectivity index (χ0) is 16.2. The van der Waals surface area contributed by atoms with Gasteiger partial charge in [-0.2, -0.15) is 13.2 Å². The van der Waals surface area contributed by atoms with Crippen molar-refractivity contribution in [3.05, 3.63) is 35.4 Å². The van der Waals surface area contributed by atoms with Gasteiger partial charge in [-0.05, 0) is 17.7 Å². The molecule has 1 unspecified atom stereocenters. The first-order valence-corrected chi connectivity index (χ1v) is 7.07. The number of halogens is 3. The number of hydrogen-bond donors (Lipinski definition) is 1. The van der Waals surface area contributed by atoms with E-state index in [0.29, 0.717) is 12.1 Å². The number of ketones is 1. The first kappa shape index (κ1) is 17.7. The number of rotatable bonds is 6. The molecular formula is C16H22F3NO. The number of alkyl halides is 3. The lowest BCUT2D eigenvalue weighted by molar-refractivity contribution is -0.137. The zero-order valence-corrected chi connectivity index (χ0v) is 12.8. The van der Waals surface area contributed by atoms with Gasteiger partial charge in [0.1, 0.15) is 5.78 Å². The fourth-order valence-electron chi connectivity index (χ4n) is 2.04. The van der Waals surface area contributed by atoms with E-state index in [9.17, 15) is 18.0 Å². The molecule has 0 aliphatic carbocycles. The van der Waals surface area contributed by atoms with E-state index in [1.165, 1.54) is 12.1 Å². The maximum Gasteiger partial charge on any atom is 0.416 e. The molecule has 0 heterocycles. The van der Waals surface area contributed by atoms with Gasteiger partial charge in [-0.25, -0.2) is 0 Å². The van der Waals surface area contributed by atoms with Crippen LogP contribution in [0, 0.1) is 5.92 Å². The molecule has 0 fully saturated rings. The van der Waals surface area contributed by atoms with Crippen molar-refractivity contribution in [3.63, 3.8) is 0 Å². The van der Waals surface area contributed by atoms with Gasteiger partial charge in [0.15, 0.2) is 0 Å². The van der Waals surface area contributed by atoms with Gasteiger partial charge in [0, 0.05) is 18.5 Å². The van der Waals surface area contributed by atoms with E-state index in [4.69, 9.17) is 0 Å². The van der Waals surface area contributed by atoms with E-state index in [1.807, 2.05) is 13.8 Å². The number of benzene rings is 1. The van der Waals surface area contributed by atoms with Crippen molar-refractivity contribution in [2.75, 3.05) is 6.54 Å². The van der Waals surface area contributed by atoms with Gasteiger partial charge in [-0.15, -0.1) is 0 Å². The van der Waals surface area contributed by atoms with E-state index >= 15 is 0 Å². The molecule has 0 radical (unpaired) electrons. The number of Topliss-reactive ketones (excluding diaryl/α,β-unsaturated/α-hetero) is 1. The van der Waals surface area contributed by atoms with E-state index in [-0.39, 0.29) is 17.7 Å². The van der Waals surface area contributed by atoms with E-state index in [1.54, 1.807) is 13.8 Å². The van der Waals surface area contributed by atoms with Crippen LogP contribution in [-0.2, 0) is 11.0 Å². The van der Waals surface area contributed by atoms with Crippen molar-refractivity contribution in [3.8, 4) is 0 Å². The lowest BCUT2D eigenvalue weighted by Crippen LogP contribution is -2.33. The minimum absolute atomic E-state index is 0.0305. The van der Waals surface area contributed by atoms with Gasteiger partial charge in [0.25, 0.3) is 0 Å². The average molecular weight is 301 g/mol. The predicted octanol–water partition coefficient (Wildman–Crippen LogP) is 4.01. The van der Waals surface area contributed by atoms with Crippen LogP contribution in [0.2, 0.25) is 0 Å². The van der Waals surface area contributed by atoms with Gasteiger partial charge in [-0.3, -0.25) is 4.79 Å². The lowest BCUT2D eigenvalue weighted by Gasteiger charge is -2.21. The van der Waals surface area contributed by atoms with Gasteiger partial charge >= 0.3 is 6.18 Å². The molecule has 0 amide bonds. The number of nitrogens with one attached hydrogen (secondary N) is 1. The summed E-state index contributed by atoms with van der Waals surface area (Å²) in [6.07, 6.45) is -4.35. The van der Waals surface area contributed by atoms with Crippen molar-refractivity contribution in [2.45, 2.75) is 45.8 Å². The molecule has 21 heavy (non-hydrogen) atoms. The van der Waals surface area contributed by atoms with Crippen LogP contribution < -0.4 is 5.32 Å². The molecule has 1 rings (SSSR count). The van der Waals surface area contributed by atoms with Crippen molar-refractivity contribution >= 4 is 5.78 Å². The van der Waals surface area contributed by atoms with Crippen LogP contribution in [-0.4, -0.2) is 18.4 Å². The second kappa shape index (κ2) is 7.07. The van der Waals surface area contributed by atoms with Gasteiger partial charge < -0.3 is 5.32 Å². The SMILES string of the molecule is CC(C)NCC(C(=O)C(C)C)c1ccc(C(F)(F)F)cc1. The summed E-state index contributed by atoms with van der Waals surface area (Å²) in [6.45, 7) is 7.96. The summed E-state index contributed by atoms with van der Waals surface area (Å²) in [5, 5.41) is 3.18. The second-order valence-electron chi connectivity index (χ2n) is 5.79. The Kier molecular flexibility index (Phi) is 5.96. The molecule has 0 aromatic heterocycles. The topological polar surface area (TPSA) is 29.1 Å². The molecule has 1 atom stereocenters. The summed E-state index contributed by atoms with van der Waals surface area (Å²) in [5.74, 6) is -0.552. The highest BCUT2D eigenvalue weighted by molar-refractivity contribution is 5.87. The Morgan fingerprint density at radius 3 is 2.00 bits per heavy atom. The summed E-state index contributed by atoms with van der Waals surface area (Å²) in [7, 11) is 0. The van der Waals surface area contributed by atoms with Gasteiger partial charge in [0.2, 0.25) is 0 Å². The van der Waals surface area contributed by atoms with E-state index in [0.717, 1.165) is 12.1 Å². The fraction of sp³-hybridized carbons (Fsp3) is 0.562. The van der Waals surface area contributed by atoms with E-state index in [2.05, 4.69) is 5.32 Å². The van der Waals surface area contributed by atoms with Crippen LogP contribution >= 0.6 is 0 Å².